The third-order valence-corrected chi connectivity index (χ3v) is 9.17. The van der Waals surface area contributed by atoms with Crippen LogP contribution in [0.5, 0.6) is 0 Å². The van der Waals surface area contributed by atoms with Crippen LogP contribution in [-0.4, -0.2) is 68.6 Å². The van der Waals surface area contributed by atoms with Crippen molar-refractivity contribution in [3.63, 3.8) is 0 Å². The average Bonchev–Trinajstić information content (AvgIpc) is 3.25. The van der Waals surface area contributed by atoms with Crippen LogP contribution in [0.2, 0.25) is 0 Å². The van der Waals surface area contributed by atoms with Gasteiger partial charge in [0.25, 0.3) is 0 Å². The van der Waals surface area contributed by atoms with Crippen LogP contribution in [0.25, 0.3) is 0 Å². The number of carbonyl (C=O) groups excluding carboxylic acids is 3. The minimum absolute atomic E-state index is 0.00384. The van der Waals surface area contributed by atoms with Crippen LogP contribution in [0.1, 0.15) is 66.7 Å². The summed E-state index contributed by atoms with van der Waals surface area (Å²) in [6.07, 6.45) is 3.83. The maximum absolute atomic E-state index is 13.7. The summed E-state index contributed by atoms with van der Waals surface area (Å²) < 4.78 is 4.30. The Hall–Kier alpha value is -1.28. The number of fused-ring (bicyclic) bond motifs is 1. The zero-order valence-corrected chi connectivity index (χ0v) is 19.6. The number of aliphatic hydroxyl groups excluding tert-OH is 1. The molecular weight excluding hydrogens is 404 g/mol. The molecule has 3 unspecified atom stereocenters. The molecule has 0 aromatic carbocycles. The molecule has 0 saturated carbocycles. The van der Waals surface area contributed by atoms with Gasteiger partial charge in [-0.2, -0.15) is 0 Å². The second-order valence-electron chi connectivity index (χ2n) is 9.17. The highest BCUT2D eigenvalue weighted by Gasteiger charge is 2.77. The summed E-state index contributed by atoms with van der Waals surface area (Å²) in [6.45, 7) is 9.81. The molecule has 3 aliphatic heterocycles. The smallest absolute Gasteiger partial charge is 0.311 e. The van der Waals surface area contributed by atoms with E-state index in [9.17, 15) is 19.5 Å². The van der Waals surface area contributed by atoms with Crippen molar-refractivity contribution in [3.8, 4) is 0 Å². The lowest BCUT2D eigenvalue weighted by Gasteiger charge is -2.37. The van der Waals surface area contributed by atoms with Gasteiger partial charge in [0.05, 0.1) is 35.8 Å². The molecule has 2 N–H and O–H groups in total. The number of nitrogens with one attached hydrogen (secondary N) is 1. The van der Waals surface area contributed by atoms with Crippen LogP contribution in [0, 0.1) is 11.8 Å². The van der Waals surface area contributed by atoms with Crippen molar-refractivity contribution < 1.29 is 24.2 Å². The molecule has 170 valence electrons. The summed E-state index contributed by atoms with van der Waals surface area (Å²) in [4.78, 5) is 41.8. The van der Waals surface area contributed by atoms with E-state index in [1.165, 1.54) is 0 Å². The number of hydrogen-bond donors (Lipinski definition) is 2. The first-order chi connectivity index (χ1) is 14.2. The highest BCUT2D eigenvalue weighted by atomic mass is 32.2. The van der Waals surface area contributed by atoms with Crippen molar-refractivity contribution in [2.45, 2.75) is 94.3 Å². The Morgan fingerprint density at radius 1 is 1.33 bits per heavy atom. The molecule has 3 rings (SSSR count). The van der Waals surface area contributed by atoms with Gasteiger partial charge in [-0.3, -0.25) is 14.4 Å². The van der Waals surface area contributed by atoms with Crippen LogP contribution in [0.3, 0.4) is 0 Å². The molecule has 3 heterocycles. The summed E-state index contributed by atoms with van der Waals surface area (Å²) in [6, 6.07) is -1.12. The minimum atomic E-state index is -0.683. The van der Waals surface area contributed by atoms with E-state index in [4.69, 9.17) is 4.74 Å². The molecule has 0 aromatic heterocycles. The first-order valence-corrected chi connectivity index (χ1v) is 12.1. The first kappa shape index (κ1) is 23.4. The third kappa shape index (κ3) is 3.44. The lowest BCUT2D eigenvalue weighted by Crippen LogP contribution is -2.57. The Morgan fingerprint density at radius 2 is 2.03 bits per heavy atom. The number of ether oxygens (including phenoxy) is 1. The van der Waals surface area contributed by atoms with E-state index in [0.29, 0.717) is 12.8 Å². The summed E-state index contributed by atoms with van der Waals surface area (Å²) >= 11 is 1.63. The van der Waals surface area contributed by atoms with Gasteiger partial charge in [0.2, 0.25) is 11.8 Å². The van der Waals surface area contributed by atoms with Crippen LogP contribution in [-0.2, 0) is 19.1 Å². The number of thioether (sulfide) groups is 1. The maximum atomic E-state index is 13.7. The van der Waals surface area contributed by atoms with Gasteiger partial charge in [-0.25, -0.2) is 0 Å². The zero-order valence-electron chi connectivity index (χ0n) is 18.8. The van der Waals surface area contributed by atoms with Gasteiger partial charge in [-0.05, 0) is 46.5 Å². The lowest BCUT2D eigenvalue weighted by molar-refractivity contribution is -0.155. The molecule has 2 amide bonds. The molecule has 8 heteroatoms. The number of nitrogens with zero attached hydrogens (tertiary/aromatic N) is 1. The number of esters is 1. The van der Waals surface area contributed by atoms with Gasteiger partial charge in [0.15, 0.2) is 0 Å². The molecule has 3 aliphatic rings. The number of carbonyl (C=O) groups is 3. The Balaban J connectivity index is 2.04. The lowest BCUT2D eigenvalue weighted by atomic mass is 9.66. The van der Waals surface area contributed by atoms with Crippen LogP contribution >= 0.6 is 11.8 Å². The molecule has 2 bridgehead atoms. The topological polar surface area (TPSA) is 95.9 Å². The summed E-state index contributed by atoms with van der Waals surface area (Å²) in [5.74, 6) is -1.84. The van der Waals surface area contributed by atoms with Crippen molar-refractivity contribution in [2.75, 3.05) is 13.2 Å². The van der Waals surface area contributed by atoms with Gasteiger partial charge in [-0.1, -0.05) is 20.3 Å². The second kappa shape index (κ2) is 8.69. The second-order valence-corrected chi connectivity index (χ2v) is 11.1. The molecule has 1 spiro atoms. The normalized spacial score (nSPS) is 36.5. The molecule has 0 aromatic rings. The van der Waals surface area contributed by atoms with E-state index in [1.807, 2.05) is 20.8 Å². The van der Waals surface area contributed by atoms with Crippen molar-refractivity contribution in [1.82, 2.24) is 10.2 Å². The van der Waals surface area contributed by atoms with Gasteiger partial charge >= 0.3 is 5.97 Å². The van der Waals surface area contributed by atoms with Gasteiger partial charge in [0.1, 0.15) is 6.04 Å². The SMILES string of the molecule is CCCC(C)NC(=O)C1N([C@@H](CC)CO)C(=O)[C@@H]2[C@H](C(=O)OCC)[C@]3(C)CCC12S3. The Morgan fingerprint density at radius 3 is 2.60 bits per heavy atom. The van der Waals surface area contributed by atoms with E-state index in [-0.39, 0.29) is 37.0 Å². The van der Waals surface area contributed by atoms with Gasteiger partial charge in [0, 0.05) is 10.8 Å². The number of rotatable bonds is 9. The Labute approximate surface area is 183 Å². The summed E-state index contributed by atoms with van der Waals surface area (Å²) in [5.41, 5.74) is 0. The number of hydrogen-bond acceptors (Lipinski definition) is 6. The standard InChI is InChI=1S/C22H36N2O5S/c1-6-9-13(4)23-18(26)17-22-11-10-21(5,30-22)16(20(28)29-8-3)15(22)19(27)24(17)14(7-2)12-25/h13-17,25H,6-12H2,1-5H3,(H,23,26)/t13?,14-,15-,16+,17?,21-,22?/m0/s1. The molecule has 7 atom stereocenters. The monoisotopic (exact) mass is 440 g/mol. The highest BCUT2D eigenvalue weighted by molar-refractivity contribution is 8.02. The van der Waals surface area contributed by atoms with Crippen LogP contribution in [0.4, 0.5) is 0 Å². The Bertz CT molecular complexity index is 699. The molecule has 0 aliphatic carbocycles. The van der Waals surface area contributed by atoms with Crippen molar-refractivity contribution in [3.05, 3.63) is 0 Å². The molecule has 7 nitrogen and oxygen atoms in total. The van der Waals surface area contributed by atoms with Crippen molar-refractivity contribution >= 4 is 29.5 Å². The minimum Gasteiger partial charge on any atom is -0.466 e. The van der Waals surface area contributed by atoms with Crippen molar-refractivity contribution in [1.29, 1.82) is 0 Å². The van der Waals surface area contributed by atoms with Gasteiger partial charge < -0.3 is 20.1 Å². The van der Waals surface area contributed by atoms with E-state index in [0.717, 1.165) is 19.3 Å². The van der Waals surface area contributed by atoms with Crippen LogP contribution in [0.15, 0.2) is 0 Å². The van der Waals surface area contributed by atoms with E-state index in [2.05, 4.69) is 12.2 Å². The number of amides is 2. The molecule has 0 radical (unpaired) electrons. The van der Waals surface area contributed by atoms with Gasteiger partial charge in [-0.15, -0.1) is 11.8 Å². The average molecular weight is 441 g/mol. The van der Waals surface area contributed by atoms with Crippen molar-refractivity contribution in [2.24, 2.45) is 11.8 Å². The fourth-order valence-electron chi connectivity index (χ4n) is 5.89. The van der Waals surface area contributed by atoms with E-state index in [1.54, 1.807) is 23.6 Å². The summed E-state index contributed by atoms with van der Waals surface area (Å²) in [7, 11) is 0. The van der Waals surface area contributed by atoms with E-state index < -0.39 is 33.4 Å². The molecular formula is C22H36N2O5S. The fourth-order valence-corrected chi connectivity index (χ4v) is 8.22. The Kier molecular flexibility index (Phi) is 6.77. The summed E-state index contributed by atoms with van der Waals surface area (Å²) in [5, 5.41) is 13.1. The molecule has 3 saturated heterocycles. The van der Waals surface area contributed by atoms with E-state index >= 15 is 0 Å². The zero-order chi connectivity index (χ0) is 22.3. The predicted molar refractivity (Wildman–Crippen MR) is 116 cm³/mol. The highest BCUT2D eigenvalue weighted by Crippen LogP contribution is 2.71. The fraction of sp³-hybridized carbons (Fsp3) is 0.864. The van der Waals surface area contributed by atoms with Crippen LogP contribution < -0.4 is 5.32 Å². The maximum Gasteiger partial charge on any atom is 0.311 e. The molecule has 3 fully saturated rings. The molecule has 30 heavy (non-hydrogen) atoms. The number of aliphatic hydroxyl groups is 1. The third-order valence-electron chi connectivity index (χ3n) is 7.19. The largest absolute Gasteiger partial charge is 0.466 e. The quantitative estimate of drug-likeness (QED) is 0.533. The number of likely N-dealkylation sites (tertiary alicyclic amines) is 1. The first-order valence-electron chi connectivity index (χ1n) is 11.3. The predicted octanol–water partition coefficient (Wildman–Crippen LogP) is 2.11.